The standard InChI is InChI=1S/C11H5Br2ClN2O3/c12-6-1-8(16(17)18)4-9(2-6)19-11-10(14)3-7(13)5-15-11/h1-5H. The van der Waals surface area contributed by atoms with Gasteiger partial charge in [-0.1, -0.05) is 27.5 Å². The first-order valence-corrected chi connectivity index (χ1v) is 6.86. The highest BCUT2D eigenvalue weighted by Crippen LogP contribution is 2.32. The third-order valence-electron chi connectivity index (χ3n) is 2.06. The molecule has 0 saturated heterocycles. The van der Waals surface area contributed by atoms with E-state index in [4.69, 9.17) is 16.3 Å². The number of aromatic nitrogens is 1. The van der Waals surface area contributed by atoms with Gasteiger partial charge in [-0.15, -0.1) is 0 Å². The van der Waals surface area contributed by atoms with Crippen LogP contribution in [0.4, 0.5) is 5.69 Å². The van der Waals surface area contributed by atoms with Gasteiger partial charge in [-0.25, -0.2) is 4.98 Å². The van der Waals surface area contributed by atoms with Crippen molar-refractivity contribution in [3.8, 4) is 11.6 Å². The third kappa shape index (κ3) is 3.65. The number of nitrogens with zero attached hydrogens (tertiary/aromatic N) is 2. The Hall–Kier alpha value is -1.18. The minimum absolute atomic E-state index is 0.0855. The Bertz CT molecular complexity index is 652. The summed E-state index contributed by atoms with van der Waals surface area (Å²) in [4.78, 5) is 14.2. The molecule has 0 spiro atoms. The van der Waals surface area contributed by atoms with E-state index in [1.165, 1.54) is 18.3 Å². The Labute approximate surface area is 130 Å². The smallest absolute Gasteiger partial charge is 0.274 e. The zero-order valence-electron chi connectivity index (χ0n) is 9.14. The molecule has 0 N–H and O–H groups in total. The number of ether oxygens (including phenoxy) is 1. The van der Waals surface area contributed by atoms with E-state index in [1.54, 1.807) is 12.1 Å². The van der Waals surface area contributed by atoms with Gasteiger partial charge in [-0.2, -0.15) is 0 Å². The van der Waals surface area contributed by atoms with E-state index >= 15 is 0 Å². The summed E-state index contributed by atoms with van der Waals surface area (Å²) in [5.41, 5.74) is -0.0855. The molecule has 0 radical (unpaired) electrons. The average Bonchev–Trinajstić information content (AvgIpc) is 2.32. The third-order valence-corrected chi connectivity index (χ3v) is 3.22. The molecular weight excluding hydrogens is 403 g/mol. The van der Waals surface area contributed by atoms with Crippen molar-refractivity contribution in [1.82, 2.24) is 4.98 Å². The Morgan fingerprint density at radius 1 is 1.21 bits per heavy atom. The number of non-ortho nitro benzene ring substituents is 1. The van der Waals surface area contributed by atoms with Gasteiger partial charge in [0.25, 0.3) is 5.69 Å². The number of benzene rings is 1. The molecule has 5 nitrogen and oxygen atoms in total. The maximum absolute atomic E-state index is 10.8. The van der Waals surface area contributed by atoms with Crippen LogP contribution in [0.25, 0.3) is 0 Å². The van der Waals surface area contributed by atoms with Crippen molar-refractivity contribution >= 4 is 49.1 Å². The van der Waals surface area contributed by atoms with Crippen molar-refractivity contribution in [1.29, 1.82) is 0 Å². The second-order valence-corrected chi connectivity index (χ2v) is 5.68. The highest BCUT2D eigenvalue weighted by molar-refractivity contribution is 9.10. The Balaban J connectivity index is 2.35. The summed E-state index contributed by atoms with van der Waals surface area (Å²) in [7, 11) is 0. The maximum Gasteiger partial charge on any atom is 0.274 e. The van der Waals surface area contributed by atoms with Crippen LogP contribution in [-0.4, -0.2) is 9.91 Å². The average molecular weight is 408 g/mol. The van der Waals surface area contributed by atoms with Gasteiger partial charge >= 0.3 is 0 Å². The minimum Gasteiger partial charge on any atom is -0.437 e. The predicted molar refractivity (Wildman–Crippen MR) is 77.8 cm³/mol. The molecule has 1 aromatic carbocycles. The molecule has 8 heteroatoms. The number of rotatable bonds is 3. The van der Waals surface area contributed by atoms with Crippen molar-refractivity contribution in [2.75, 3.05) is 0 Å². The highest BCUT2D eigenvalue weighted by Gasteiger charge is 2.12. The second-order valence-electron chi connectivity index (χ2n) is 3.44. The zero-order chi connectivity index (χ0) is 14.0. The molecule has 0 amide bonds. The van der Waals surface area contributed by atoms with E-state index in [9.17, 15) is 10.1 Å². The topological polar surface area (TPSA) is 65.3 Å². The van der Waals surface area contributed by atoms with Gasteiger partial charge in [0.2, 0.25) is 5.88 Å². The summed E-state index contributed by atoms with van der Waals surface area (Å²) in [6.45, 7) is 0. The molecule has 1 heterocycles. The van der Waals surface area contributed by atoms with Crippen LogP contribution in [0.1, 0.15) is 0 Å². The second kappa shape index (κ2) is 5.85. The maximum atomic E-state index is 10.8. The first-order valence-electron chi connectivity index (χ1n) is 4.89. The van der Waals surface area contributed by atoms with Gasteiger partial charge in [-0.3, -0.25) is 10.1 Å². The van der Waals surface area contributed by atoms with Crippen LogP contribution in [0, 0.1) is 10.1 Å². The fraction of sp³-hybridized carbons (Fsp3) is 0. The molecule has 0 saturated carbocycles. The van der Waals surface area contributed by atoms with E-state index in [1.807, 2.05) is 0 Å². The van der Waals surface area contributed by atoms with E-state index < -0.39 is 4.92 Å². The van der Waals surface area contributed by atoms with Gasteiger partial charge < -0.3 is 4.74 Å². The van der Waals surface area contributed by atoms with Crippen LogP contribution in [-0.2, 0) is 0 Å². The lowest BCUT2D eigenvalue weighted by Gasteiger charge is -2.07. The lowest BCUT2D eigenvalue weighted by Crippen LogP contribution is -1.92. The largest absolute Gasteiger partial charge is 0.437 e. The molecule has 0 unspecified atom stereocenters. The van der Waals surface area contributed by atoms with E-state index in [0.29, 0.717) is 14.0 Å². The SMILES string of the molecule is O=[N+]([O-])c1cc(Br)cc(Oc2ncc(Br)cc2Cl)c1. The summed E-state index contributed by atoms with van der Waals surface area (Å²) < 4.78 is 6.68. The van der Waals surface area contributed by atoms with Gasteiger partial charge in [0.1, 0.15) is 10.8 Å². The molecule has 0 atom stereocenters. The number of hydrogen-bond donors (Lipinski definition) is 0. The summed E-state index contributed by atoms with van der Waals surface area (Å²) in [6.07, 6.45) is 1.52. The van der Waals surface area contributed by atoms with Gasteiger partial charge in [0.05, 0.1) is 11.0 Å². The molecule has 0 aliphatic carbocycles. The number of nitro groups is 1. The van der Waals surface area contributed by atoms with Crippen LogP contribution in [0.2, 0.25) is 5.02 Å². The molecule has 2 aromatic rings. The van der Waals surface area contributed by atoms with E-state index in [-0.39, 0.29) is 17.3 Å². The van der Waals surface area contributed by atoms with Crippen molar-refractivity contribution in [3.63, 3.8) is 0 Å². The summed E-state index contributed by atoms with van der Waals surface area (Å²) >= 11 is 12.4. The van der Waals surface area contributed by atoms with Gasteiger partial charge in [-0.05, 0) is 28.1 Å². The summed E-state index contributed by atoms with van der Waals surface area (Å²) in [6, 6.07) is 5.89. The van der Waals surface area contributed by atoms with Crippen LogP contribution in [0.5, 0.6) is 11.6 Å². The van der Waals surface area contributed by atoms with Crippen molar-refractivity contribution in [2.24, 2.45) is 0 Å². The van der Waals surface area contributed by atoms with Crippen LogP contribution in [0.15, 0.2) is 39.4 Å². The molecular formula is C11H5Br2ClN2O3. The number of pyridine rings is 1. The Morgan fingerprint density at radius 3 is 2.58 bits per heavy atom. The van der Waals surface area contributed by atoms with E-state index in [2.05, 4.69) is 36.8 Å². The van der Waals surface area contributed by atoms with Crippen molar-refractivity contribution in [2.45, 2.75) is 0 Å². The Morgan fingerprint density at radius 2 is 1.95 bits per heavy atom. The molecule has 0 aliphatic rings. The van der Waals surface area contributed by atoms with Crippen LogP contribution in [0.3, 0.4) is 0 Å². The van der Waals surface area contributed by atoms with Crippen molar-refractivity contribution < 1.29 is 9.66 Å². The monoisotopic (exact) mass is 406 g/mol. The molecule has 1 aromatic heterocycles. The fourth-order valence-electron chi connectivity index (χ4n) is 1.30. The number of halogens is 3. The quantitative estimate of drug-likeness (QED) is 0.532. The van der Waals surface area contributed by atoms with E-state index in [0.717, 1.165) is 0 Å². The predicted octanol–water partition coefficient (Wildman–Crippen LogP) is 4.96. The van der Waals surface area contributed by atoms with Gasteiger partial charge in [0, 0.05) is 21.2 Å². The van der Waals surface area contributed by atoms with Crippen LogP contribution < -0.4 is 4.74 Å². The Kier molecular flexibility index (Phi) is 4.38. The summed E-state index contributed by atoms with van der Waals surface area (Å²) in [5, 5.41) is 11.1. The first kappa shape index (κ1) is 14.2. The lowest BCUT2D eigenvalue weighted by molar-refractivity contribution is -0.385. The molecule has 19 heavy (non-hydrogen) atoms. The number of nitro benzene ring substituents is 1. The normalized spacial score (nSPS) is 10.3. The van der Waals surface area contributed by atoms with Crippen LogP contribution >= 0.6 is 43.5 Å². The molecule has 0 aliphatic heterocycles. The summed E-state index contributed by atoms with van der Waals surface area (Å²) in [5.74, 6) is 0.454. The first-order chi connectivity index (χ1) is 8.95. The number of hydrogen-bond acceptors (Lipinski definition) is 4. The fourth-order valence-corrected chi connectivity index (χ4v) is 2.43. The highest BCUT2D eigenvalue weighted by atomic mass is 79.9. The molecule has 0 bridgehead atoms. The van der Waals surface area contributed by atoms with Crippen molar-refractivity contribution in [3.05, 3.63) is 54.5 Å². The molecule has 98 valence electrons. The molecule has 2 rings (SSSR count). The minimum atomic E-state index is -0.506. The molecule has 0 fully saturated rings. The lowest BCUT2D eigenvalue weighted by atomic mass is 10.3. The zero-order valence-corrected chi connectivity index (χ0v) is 13.1. The van der Waals surface area contributed by atoms with Gasteiger partial charge in [0.15, 0.2) is 0 Å².